The predicted molar refractivity (Wildman–Crippen MR) is 99.2 cm³/mol. The van der Waals surface area contributed by atoms with E-state index in [1.54, 1.807) is 12.1 Å². The summed E-state index contributed by atoms with van der Waals surface area (Å²) in [5.41, 5.74) is 1.38. The van der Waals surface area contributed by atoms with Gasteiger partial charge in [0.2, 0.25) is 10.0 Å². The van der Waals surface area contributed by atoms with Gasteiger partial charge in [-0.25, -0.2) is 13.6 Å². The molecule has 1 aromatic heterocycles. The Morgan fingerprint density at radius 3 is 2.59 bits per heavy atom. The van der Waals surface area contributed by atoms with Crippen molar-refractivity contribution in [2.24, 2.45) is 5.14 Å². The van der Waals surface area contributed by atoms with Crippen LogP contribution in [-0.2, 0) is 21.4 Å². The SMILES string of the molecule is COCc1c(C(=O)Nc2ccc(OC)c(S(N)(=O)=O)c2)oc2ccccc12. The van der Waals surface area contributed by atoms with Crippen LogP contribution >= 0.6 is 0 Å². The topological polar surface area (TPSA) is 121 Å². The number of furan rings is 1. The van der Waals surface area contributed by atoms with Gasteiger partial charge in [0.25, 0.3) is 5.91 Å². The van der Waals surface area contributed by atoms with E-state index in [0.717, 1.165) is 5.39 Å². The molecule has 1 amide bonds. The Morgan fingerprint density at radius 2 is 1.93 bits per heavy atom. The van der Waals surface area contributed by atoms with Crippen LogP contribution in [0.25, 0.3) is 11.0 Å². The molecule has 0 aliphatic carbocycles. The highest BCUT2D eigenvalue weighted by Crippen LogP contribution is 2.29. The fourth-order valence-corrected chi connectivity index (χ4v) is 3.46. The van der Waals surface area contributed by atoms with E-state index in [1.165, 1.54) is 32.4 Å². The van der Waals surface area contributed by atoms with Crippen LogP contribution in [-0.4, -0.2) is 28.5 Å². The maximum Gasteiger partial charge on any atom is 0.291 e. The number of nitrogens with two attached hydrogens (primary N) is 1. The van der Waals surface area contributed by atoms with Gasteiger partial charge in [0.05, 0.1) is 13.7 Å². The molecule has 2 aromatic carbocycles. The van der Waals surface area contributed by atoms with Crippen LogP contribution in [0.5, 0.6) is 5.75 Å². The zero-order chi connectivity index (χ0) is 19.6. The number of anilines is 1. The summed E-state index contributed by atoms with van der Waals surface area (Å²) < 4.78 is 39.3. The normalized spacial score (nSPS) is 11.5. The van der Waals surface area contributed by atoms with Gasteiger partial charge in [-0.15, -0.1) is 0 Å². The van der Waals surface area contributed by atoms with Gasteiger partial charge < -0.3 is 19.2 Å². The number of fused-ring (bicyclic) bond motifs is 1. The van der Waals surface area contributed by atoms with Crippen LogP contribution in [0, 0.1) is 0 Å². The van der Waals surface area contributed by atoms with Crippen LogP contribution in [0.3, 0.4) is 0 Å². The number of hydrogen-bond donors (Lipinski definition) is 2. The summed E-state index contributed by atoms with van der Waals surface area (Å²) in [6.07, 6.45) is 0. The van der Waals surface area contributed by atoms with E-state index in [0.29, 0.717) is 11.1 Å². The van der Waals surface area contributed by atoms with Crippen molar-refractivity contribution in [1.29, 1.82) is 0 Å². The molecule has 9 heteroatoms. The van der Waals surface area contributed by atoms with Gasteiger partial charge in [0.1, 0.15) is 16.2 Å². The summed E-state index contributed by atoms with van der Waals surface area (Å²) in [4.78, 5) is 12.5. The first-order chi connectivity index (χ1) is 12.8. The van der Waals surface area contributed by atoms with Crippen LogP contribution in [0.4, 0.5) is 5.69 Å². The second kappa shape index (κ2) is 7.39. The van der Waals surface area contributed by atoms with Gasteiger partial charge >= 0.3 is 0 Å². The number of primary sulfonamides is 1. The minimum Gasteiger partial charge on any atom is -0.495 e. The summed E-state index contributed by atoms with van der Waals surface area (Å²) in [5, 5.41) is 8.59. The number of rotatable bonds is 6. The lowest BCUT2D eigenvalue weighted by Crippen LogP contribution is -2.16. The number of hydrogen-bond acceptors (Lipinski definition) is 6. The highest BCUT2D eigenvalue weighted by molar-refractivity contribution is 7.89. The van der Waals surface area contributed by atoms with Crippen molar-refractivity contribution in [2.75, 3.05) is 19.5 Å². The second-order valence-corrected chi connectivity index (χ2v) is 7.23. The summed E-state index contributed by atoms with van der Waals surface area (Å²) in [6.45, 7) is 0.185. The average Bonchev–Trinajstić information content (AvgIpc) is 3.00. The highest BCUT2D eigenvalue weighted by atomic mass is 32.2. The number of para-hydroxylation sites is 1. The molecule has 0 saturated carbocycles. The van der Waals surface area contributed by atoms with E-state index in [9.17, 15) is 13.2 Å². The van der Waals surface area contributed by atoms with Gasteiger partial charge in [0.15, 0.2) is 5.76 Å². The molecule has 0 radical (unpaired) electrons. The summed E-state index contributed by atoms with van der Waals surface area (Å²) in [7, 11) is -1.18. The first kappa shape index (κ1) is 18.9. The van der Waals surface area contributed by atoms with Crippen molar-refractivity contribution in [3.05, 3.63) is 53.8 Å². The van der Waals surface area contributed by atoms with Gasteiger partial charge in [0, 0.05) is 23.7 Å². The van der Waals surface area contributed by atoms with E-state index >= 15 is 0 Å². The maximum absolute atomic E-state index is 12.7. The van der Waals surface area contributed by atoms with Crippen molar-refractivity contribution in [1.82, 2.24) is 0 Å². The minimum absolute atomic E-state index is 0.0827. The molecule has 0 aliphatic rings. The molecule has 0 spiro atoms. The third kappa shape index (κ3) is 3.80. The number of amides is 1. The number of benzene rings is 2. The monoisotopic (exact) mass is 390 g/mol. The van der Waals surface area contributed by atoms with E-state index in [2.05, 4.69) is 5.32 Å². The second-order valence-electron chi connectivity index (χ2n) is 5.70. The molecule has 0 aliphatic heterocycles. The number of carbonyl (C=O) groups excluding carboxylic acids is 1. The Bertz CT molecular complexity index is 1100. The van der Waals surface area contributed by atoms with Crippen molar-refractivity contribution < 1.29 is 27.1 Å². The van der Waals surface area contributed by atoms with Gasteiger partial charge in [-0.1, -0.05) is 18.2 Å². The lowest BCUT2D eigenvalue weighted by Gasteiger charge is -2.10. The first-order valence-electron chi connectivity index (χ1n) is 7.86. The number of nitrogens with one attached hydrogen (secondary N) is 1. The Hall–Kier alpha value is -2.88. The predicted octanol–water partition coefficient (Wildman–Crippen LogP) is 2.49. The molecular weight excluding hydrogens is 372 g/mol. The Morgan fingerprint density at radius 1 is 1.19 bits per heavy atom. The lowest BCUT2D eigenvalue weighted by molar-refractivity contribution is 0.0992. The summed E-state index contributed by atoms with van der Waals surface area (Å²) >= 11 is 0. The zero-order valence-electron chi connectivity index (χ0n) is 14.7. The van der Waals surface area contributed by atoms with Crippen LogP contribution < -0.4 is 15.2 Å². The fraction of sp³-hybridized carbons (Fsp3) is 0.167. The standard InChI is InChI=1S/C18H18N2O6S/c1-24-10-13-12-5-3-4-6-14(12)26-17(13)18(21)20-11-7-8-15(25-2)16(9-11)27(19,22)23/h3-9H,10H2,1-2H3,(H,20,21)(H2,19,22,23). The Kier molecular flexibility index (Phi) is 5.17. The fourth-order valence-electron chi connectivity index (χ4n) is 2.73. The van der Waals surface area contributed by atoms with Gasteiger partial charge in [-0.2, -0.15) is 0 Å². The molecule has 142 valence electrons. The molecule has 3 aromatic rings. The average molecular weight is 390 g/mol. The van der Waals surface area contributed by atoms with Crippen molar-refractivity contribution in [3.63, 3.8) is 0 Å². The molecule has 0 fully saturated rings. The molecule has 27 heavy (non-hydrogen) atoms. The van der Waals surface area contributed by atoms with E-state index in [4.69, 9.17) is 19.0 Å². The molecule has 3 N–H and O–H groups in total. The lowest BCUT2D eigenvalue weighted by atomic mass is 10.1. The van der Waals surface area contributed by atoms with Gasteiger partial charge in [-0.3, -0.25) is 4.79 Å². The number of ether oxygens (including phenoxy) is 2. The van der Waals surface area contributed by atoms with E-state index in [-0.39, 0.29) is 28.7 Å². The molecular formula is C18H18N2O6S. The molecule has 8 nitrogen and oxygen atoms in total. The van der Waals surface area contributed by atoms with Crippen molar-refractivity contribution >= 4 is 32.6 Å². The molecule has 0 bridgehead atoms. The third-order valence-electron chi connectivity index (χ3n) is 3.92. The van der Waals surface area contributed by atoms with E-state index < -0.39 is 15.9 Å². The molecule has 0 unspecified atom stereocenters. The summed E-state index contributed by atoms with van der Waals surface area (Å²) in [6, 6.07) is 11.3. The van der Waals surface area contributed by atoms with Gasteiger partial charge in [-0.05, 0) is 24.3 Å². The van der Waals surface area contributed by atoms with Crippen LogP contribution in [0.2, 0.25) is 0 Å². The Labute approximate surface area is 155 Å². The summed E-state index contributed by atoms with van der Waals surface area (Å²) in [5.74, 6) is -0.367. The number of sulfonamides is 1. The quantitative estimate of drug-likeness (QED) is 0.667. The Balaban J connectivity index is 1.99. The zero-order valence-corrected chi connectivity index (χ0v) is 15.5. The third-order valence-corrected chi connectivity index (χ3v) is 4.85. The van der Waals surface area contributed by atoms with Crippen molar-refractivity contribution in [3.8, 4) is 5.75 Å². The molecule has 0 atom stereocenters. The highest BCUT2D eigenvalue weighted by Gasteiger charge is 2.22. The van der Waals surface area contributed by atoms with E-state index in [1.807, 2.05) is 12.1 Å². The molecule has 1 heterocycles. The first-order valence-corrected chi connectivity index (χ1v) is 9.41. The minimum atomic E-state index is -4.03. The molecule has 3 rings (SSSR count). The smallest absolute Gasteiger partial charge is 0.291 e. The van der Waals surface area contributed by atoms with Crippen LogP contribution in [0.15, 0.2) is 51.8 Å². The number of carbonyl (C=O) groups is 1. The maximum atomic E-state index is 12.7. The number of methoxy groups -OCH3 is 2. The van der Waals surface area contributed by atoms with Crippen LogP contribution in [0.1, 0.15) is 16.1 Å². The molecule has 0 saturated heterocycles. The largest absolute Gasteiger partial charge is 0.495 e. The van der Waals surface area contributed by atoms with Crippen molar-refractivity contribution in [2.45, 2.75) is 11.5 Å².